The second kappa shape index (κ2) is 6.19. The molecular formula is C17H18N2O2. The van der Waals surface area contributed by atoms with Crippen LogP contribution in [0.5, 0.6) is 11.5 Å². The van der Waals surface area contributed by atoms with Gasteiger partial charge in [0.2, 0.25) is 0 Å². The Morgan fingerprint density at radius 1 is 1.24 bits per heavy atom. The first kappa shape index (κ1) is 14.7. The smallest absolute Gasteiger partial charge is 0.136 e. The summed E-state index contributed by atoms with van der Waals surface area (Å²) in [5.41, 5.74) is 4.05. The maximum absolute atomic E-state index is 9.94. The van der Waals surface area contributed by atoms with Gasteiger partial charge in [0.25, 0.3) is 0 Å². The number of aryl methyl sites for hydroxylation is 1. The molecule has 0 aromatic heterocycles. The van der Waals surface area contributed by atoms with E-state index >= 15 is 0 Å². The van der Waals surface area contributed by atoms with E-state index in [0.29, 0.717) is 23.6 Å². The van der Waals surface area contributed by atoms with E-state index in [1.807, 2.05) is 32.0 Å². The number of ether oxygens (including phenoxy) is 1. The molecule has 2 aromatic carbocycles. The monoisotopic (exact) mass is 282 g/mol. The summed E-state index contributed by atoms with van der Waals surface area (Å²) in [7, 11) is 1.55. The third-order valence-electron chi connectivity index (χ3n) is 3.50. The SMILES string of the molecule is COc1ccc(CNc2ccc(C)c(O)c2C)cc1C#N. The highest BCUT2D eigenvalue weighted by atomic mass is 16.5. The quantitative estimate of drug-likeness (QED) is 0.900. The fraction of sp³-hybridized carbons (Fsp3) is 0.235. The first-order chi connectivity index (χ1) is 10.1. The fourth-order valence-corrected chi connectivity index (χ4v) is 2.18. The molecule has 0 radical (unpaired) electrons. The van der Waals surface area contributed by atoms with Gasteiger partial charge in [-0.05, 0) is 43.2 Å². The maximum atomic E-state index is 9.94. The lowest BCUT2D eigenvalue weighted by molar-refractivity contribution is 0.413. The largest absolute Gasteiger partial charge is 0.507 e. The summed E-state index contributed by atoms with van der Waals surface area (Å²) in [6, 6.07) is 11.4. The van der Waals surface area contributed by atoms with Gasteiger partial charge in [0, 0.05) is 17.8 Å². The summed E-state index contributed by atoms with van der Waals surface area (Å²) in [5, 5.41) is 22.3. The topological polar surface area (TPSA) is 65.3 Å². The number of rotatable bonds is 4. The van der Waals surface area contributed by atoms with E-state index < -0.39 is 0 Å². The van der Waals surface area contributed by atoms with Crippen LogP contribution >= 0.6 is 0 Å². The lowest BCUT2D eigenvalue weighted by Gasteiger charge is -2.13. The number of benzene rings is 2. The minimum absolute atomic E-state index is 0.312. The average molecular weight is 282 g/mol. The highest BCUT2D eigenvalue weighted by molar-refractivity contribution is 5.59. The van der Waals surface area contributed by atoms with Crippen LogP contribution in [-0.2, 0) is 6.54 Å². The number of anilines is 1. The van der Waals surface area contributed by atoms with Crippen LogP contribution in [0.15, 0.2) is 30.3 Å². The Hall–Kier alpha value is -2.67. The van der Waals surface area contributed by atoms with Crippen molar-refractivity contribution in [3.05, 3.63) is 52.6 Å². The molecule has 2 aromatic rings. The van der Waals surface area contributed by atoms with Crippen molar-refractivity contribution in [1.82, 2.24) is 0 Å². The van der Waals surface area contributed by atoms with Crippen LogP contribution in [0, 0.1) is 25.2 Å². The van der Waals surface area contributed by atoms with Gasteiger partial charge in [-0.2, -0.15) is 5.26 Å². The third-order valence-corrected chi connectivity index (χ3v) is 3.50. The molecule has 2 N–H and O–H groups in total. The Bertz CT molecular complexity index is 703. The summed E-state index contributed by atoms with van der Waals surface area (Å²) in [6.07, 6.45) is 0. The zero-order chi connectivity index (χ0) is 15.4. The number of nitriles is 1. The molecule has 21 heavy (non-hydrogen) atoms. The second-order valence-electron chi connectivity index (χ2n) is 4.90. The number of methoxy groups -OCH3 is 1. The van der Waals surface area contributed by atoms with Crippen LogP contribution in [0.3, 0.4) is 0 Å². The first-order valence-corrected chi connectivity index (χ1v) is 6.67. The third kappa shape index (κ3) is 3.09. The minimum Gasteiger partial charge on any atom is -0.507 e. The standard InChI is InChI=1S/C17H18N2O2/c1-11-4-6-15(12(2)17(11)20)19-10-13-5-7-16(21-3)14(8-13)9-18/h4-8,19-20H,10H2,1-3H3. The van der Waals surface area contributed by atoms with Crippen molar-refractivity contribution in [2.45, 2.75) is 20.4 Å². The molecule has 0 aliphatic rings. The van der Waals surface area contributed by atoms with Crippen molar-refractivity contribution in [2.24, 2.45) is 0 Å². The van der Waals surface area contributed by atoms with Crippen LogP contribution in [-0.4, -0.2) is 12.2 Å². The van der Waals surface area contributed by atoms with Crippen LogP contribution in [0.4, 0.5) is 5.69 Å². The lowest BCUT2D eigenvalue weighted by Crippen LogP contribution is -2.02. The predicted molar refractivity (Wildman–Crippen MR) is 82.6 cm³/mol. The molecule has 0 aliphatic carbocycles. The number of hydrogen-bond acceptors (Lipinski definition) is 4. The molecule has 0 saturated heterocycles. The predicted octanol–water partition coefficient (Wildman–Crippen LogP) is 3.50. The summed E-state index contributed by atoms with van der Waals surface area (Å²) in [4.78, 5) is 0. The Morgan fingerprint density at radius 2 is 2.00 bits per heavy atom. The van der Waals surface area contributed by atoms with Gasteiger partial charge >= 0.3 is 0 Å². The maximum Gasteiger partial charge on any atom is 0.136 e. The van der Waals surface area contributed by atoms with E-state index in [1.54, 1.807) is 19.2 Å². The number of nitrogens with zero attached hydrogens (tertiary/aromatic N) is 1. The van der Waals surface area contributed by atoms with E-state index in [-0.39, 0.29) is 0 Å². The molecule has 0 amide bonds. The van der Waals surface area contributed by atoms with E-state index in [0.717, 1.165) is 22.4 Å². The van der Waals surface area contributed by atoms with Gasteiger partial charge in [-0.3, -0.25) is 0 Å². The Kier molecular flexibility index (Phi) is 4.34. The van der Waals surface area contributed by atoms with Crippen LogP contribution in [0.1, 0.15) is 22.3 Å². The van der Waals surface area contributed by atoms with Crippen molar-refractivity contribution < 1.29 is 9.84 Å². The molecule has 0 spiro atoms. The van der Waals surface area contributed by atoms with E-state index in [1.165, 1.54) is 0 Å². The van der Waals surface area contributed by atoms with Gasteiger partial charge in [-0.1, -0.05) is 12.1 Å². The molecule has 2 rings (SSSR count). The highest BCUT2D eigenvalue weighted by Gasteiger charge is 2.07. The van der Waals surface area contributed by atoms with Crippen molar-refractivity contribution in [3.63, 3.8) is 0 Å². The lowest BCUT2D eigenvalue weighted by atomic mass is 10.1. The Balaban J connectivity index is 2.17. The molecule has 0 unspecified atom stereocenters. The summed E-state index contributed by atoms with van der Waals surface area (Å²) in [6.45, 7) is 4.32. The summed E-state index contributed by atoms with van der Waals surface area (Å²) >= 11 is 0. The number of phenolic OH excluding ortho intramolecular Hbond substituents is 1. The normalized spacial score (nSPS) is 10.0. The zero-order valence-electron chi connectivity index (χ0n) is 12.4. The number of aromatic hydroxyl groups is 1. The fourth-order valence-electron chi connectivity index (χ4n) is 2.18. The molecule has 0 fully saturated rings. The first-order valence-electron chi connectivity index (χ1n) is 6.67. The molecule has 0 aliphatic heterocycles. The van der Waals surface area contributed by atoms with Gasteiger partial charge in [-0.25, -0.2) is 0 Å². The number of nitrogens with one attached hydrogen (secondary N) is 1. The van der Waals surface area contributed by atoms with Gasteiger partial charge in [0.05, 0.1) is 12.7 Å². The number of phenols is 1. The Labute approximate surface area is 124 Å². The van der Waals surface area contributed by atoms with Crippen molar-refractivity contribution in [3.8, 4) is 17.6 Å². The molecule has 0 heterocycles. The molecule has 0 saturated carbocycles. The van der Waals surface area contributed by atoms with E-state index in [9.17, 15) is 5.11 Å². The van der Waals surface area contributed by atoms with Crippen LogP contribution < -0.4 is 10.1 Å². The molecule has 4 nitrogen and oxygen atoms in total. The molecular weight excluding hydrogens is 264 g/mol. The molecule has 0 bridgehead atoms. The molecule has 0 atom stereocenters. The zero-order valence-corrected chi connectivity index (χ0v) is 12.4. The summed E-state index contributed by atoms with van der Waals surface area (Å²) < 4.78 is 5.13. The molecule has 4 heteroatoms. The van der Waals surface area contributed by atoms with E-state index in [4.69, 9.17) is 10.00 Å². The Morgan fingerprint density at radius 3 is 2.67 bits per heavy atom. The molecule has 108 valence electrons. The average Bonchev–Trinajstić information content (AvgIpc) is 2.51. The van der Waals surface area contributed by atoms with Gasteiger partial charge in [0.15, 0.2) is 0 Å². The number of hydrogen-bond donors (Lipinski definition) is 2. The second-order valence-corrected chi connectivity index (χ2v) is 4.90. The van der Waals surface area contributed by atoms with Crippen LogP contribution in [0.2, 0.25) is 0 Å². The van der Waals surface area contributed by atoms with Gasteiger partial charge in [0.1, 0.15) is 17.6 Å². The van der Waals surface area contributed by atoms with Crippen molar-refractivity contribution in [1.29, 1.82) is 5.26 Å². The minimum atomic E-state index is 0.312. The summed E-state index contributed by atoms with van der Waals surface area (Å²) in [5.74, 6) is 0.887. The van der Waals surface area contributed by atoms with E-state index in [2.05, 4.69) is 11.4 Å². The van der Waals surface area contributed by atoms with Crippen molar-refractivity contribution >= 4 is 5.69 Å². The van der Waals surface area contributed by atoms with Gasteiger partial charge in [-0.15, -0.1) is 0 Å². The van der Waals surface area contributed by atoms with Crippen LogP contribution in [0.25, 0.3) is 0 Å². The van der Waals surface area contributed by atoms with Gasteiger partial charge < -0.3 is 15.2 Å². The highest BCUT2D eigenvalue weighted by Crippen LogP contribution is 2.28. The van der Waals surface area contributed by atoms with Crippen molar-refractivity contribution in [2.75, 3.05) is 12.4 Å².